The molecule has 5 rings (SSSR count). The normalized spacial score (nSPS) is 14.6. The lowest BCUT2D eigenvalue weighted by Gasteiger charge is -2.20. The standard InChI is InChI=1S/C29H28N4OS2/c1-4-32(5-2)22-14-12-21(13-15-22)18-24-26(19-35-23-16-10-20(3)11-17-23)31-33(28(24)34)29-30-25-8-6-7-9-27(25)36-29/h6-18H,4-5,19H2,1-3H3/b24-18-. The molecule has 0 saturated heterocycles. The third kappa shape index (κ3) is 5.08. The van der Waals surface area contributed by atoms with Crippen LogP contribution in [0.4, 0.5) is 10.8 Å². The Labute approximate surface area is 220 Å². The van der Waals surface area contributed by atoms with Crippen molar-refractivity contribution in [1.29, 1.82) is 0 Å². The Morgan fingerprint density at radius 1 is 0.972 bits per heavy atom. The average molecular weight is 513 g/mol. The van der Waals surface area contributed by atoms with E-state index in [9.17, 15) is 4.79 Å². The quantitative estimate of drug-likeness (QED) is 0.188. The number of carbonyl (C=O) groups excluding carboxylic acids is 1. The van der Waals surface area contributed by atoms with Crippen molar-refractivity contribution in [2.45, 2.75) is 25.7 Å². The number of nitrogens with zero attached hydrogens (tertiary/aromatic N) is 4. The van der Waals surface area contributed by atoms with Gasteiger partial charge in [0.1, 0.15) is 0 Å². The van der Waals surface area contributed by atoms with Crippen LogP contribution in [0, 0.1) is 6.92 Å². The molecule has 0 aliphatic carbocycles. The smallest absolute Gasteiger partial charge is 0.282 e. The largest absolute Gasteiger partial charge is 0.372 e. The molecule has 1 aromatic heterocycles. The van der Waals surface area contributed by atoms with Gasteiger partial charge in [0.2, 0.25) is 5.13 Å². The second kappa shape index (κ2) is 10.7. The van der Waals surface area contributed by atoms with Crippen molar-refractivity contribution in [2.24, 2.45) is 5.10 Å². The molecule has 182 valence electrons. The van der Waals surface area contributed by atoms with Crippen LogP contribution in [0.25, 0.3) is 16.3 Å². The summed E-state index contributed by atoms with van der Waals surface area (Å²) in [6.07, 6.45) is 1.95. The predicted octanol–water partition coefficient (Wildman–Crippen LogP) is 7.03. The van der Waals surface area contributed by atoms with Gasteiger partial charge in [-0.2, -0.15) is 10.1 Å². The number of aromatic nitrogens is 1. The Morgan fingerprint density at radius 2 is 1.69 bits per heavy atom. The lowest BCUT2D eigenvalue weighted by atomic mass is 10.1. The molecule has 0 fully saturated rings. The number of hydrogen-bond donors (Lipinski definition) is 0. The van der Waals surface area contributed by atoms with E-state index in [1.807, 2.05) is 30.3 Å². The fourth-order valence-electron chi connectivity index (χ4n) is 4.11. The van der Waals surface area contributed by atoms with Gasteiger partial charge in [0.25, 0.3) is 5.91 Å². The SMILES string of the molecule is CCN(CC)c1ccc(/C=C2\C(=O)N(c3nc4ccccc4s3)N=C2CSc2ccc(C)cc2)cc1. The van der Waals surface area contributed by atoms with Crippen LogP contribution in [0.3, 0.4) is 0 Å². The number of benzene rings is 3. The van der Waals surface area contributed by atoms with E-state index in [4.69, 9.17) is 5.10 Å². The molecule has 2 heterocycles. The van der Waals surface area contributed by atoms with Gasteiger partial charge in [0.05, 0.1) is 21.5 Å². The number of thiazole rings is 1. The van der Waals surface area contributed by atoms with Crippen molar-refractivity contribution in [1.82, 2.24) is 4.98 Å². The van der Waals surface area contributed by atoms with Gasteiger partial charge in [-0.25, -0.2) is 4.98 Å². The Morgan fingerprint density at radius 3 is 2.39 bits per heavy atom. The second-order valence-electron chi connectivity index (χ2n) is 8.55. The molecule has 0 bridgehead atoms. The third-order valence-corrected chi connectivity index (χ3v) is 8.18. The van der Waals surface area contributed by atoms with Crippen LogP contribution in [0.1, 0.15) is 25.0 Å². The first-order valence-corrected chi connectivity index (χ1v) is 13.9. The number of hydrogen-bond acceptors (Lipinski definition) is 6. The van der Waals surface area contributed by atoms with Crippen molar-refractivity contribution in [3.63, 3.8) is 0 Å². The Bertz CT molecular complexity index is 1400. The molecule has 1 aliphatic rings. The fourth-order valence-corrected chi connectivity index (χ4v) is 5.87. The molecule has 0 saturated carbocycles. The minimum absolute atomic E-state index is 0.138. The van der Waals surface area contributed by atoms with E-state index in [1.165, 1.54) is 27.6 Å². The van der Waals surface area contributed by atoms with Gasteiger partial charge in [-0.15, -0.1) is 11.8 Å². The van der Waals surface area contributed by atoms with Crippen molar-refractivity contribution in [3.05, 3.63) is 89.5 Å². The highest BCUT2D eigenvalue weighted by Crippen LogP contribution is 2.34. The van der Waals surface area contributed by atoms with Gasteiger partial charge >= 0.3 is 0 Å². The van der Waals surface area contributed by atoms with Gasteiger partial charge in [0.15, 0.2) is 0 Å². The molecule has 0 spiro atoms. The van der Waals surface area contributed by atoms with E-state index in [2.05, 4.69) is 79.2 Å². The zero-order valence-corrected chi connectivity index (χ0v) is 22.3. The summed E-state index contributed by atoms with van der Waals surface area (Å²) in [5.41, 5.74) is 5.64. The summed E-state index contributed by atoms with van der Waals surface area (Å²) in [4.78, 5) is 21.7. The molecule has 0 N–H and O–H groups in total. The number of rotatable bonds is 8. The molecule has 4 aromatic rings. The number of amides is 1. The molecule has 36 heavy (non-hydrogen) atoms. The summed E-state index contributed by atoms with van der Waals surface area (Å²) in [6.45, 7) is 8.30. The summed E-state index contributed by atoms with van der Waals surface area (Å²) >= 11 is 3.17. The molecule has 1 amide bonds. The summed E-state index contributed by atoms with van der Waals surface area (Å²) in [7, 11) is 0. The van der Waals surface area contributed by atoms with Gasteiger partial charge in [-0.1, -0.05) is 53.3 Å². The van der Waals surface area contributed by atoms with E-state index in [-0.39, 0.29) is 5.91 Å². The number of anilines is 2. The summed E-state index contributed by atoms with van der Waals surface area (Å²) in [5.74, 6) is 0.459. The molecule has 7 heteroatoms. The van der Waals surface area contributed by atoms with Crippen LogP contribution in [-0.4, -0.2) is 35.4 Å². The zero-order valence-electron chi connectivity index (χ0n) is 20.6. The van der Waals surface area contributed by atoms with Crippen LogP contribution in [0.5, 0.6) is 0 Å². The molecule has 5 nitrogen and oxygen atoms in total. The minimum atomic E-state index is -0.138. The van der Waals surface area contributed by atoms with Crippen LogP contribution < -0.4 is 9.91 Å². The number of para-hydroxylation sites is 1. The first-order chi connectivity index (χ1) is 17.6. The van der Waals surface area contributed by atoms with Crippen molar-refractivity contribution in [3.8, 4) is 0 Å². The van der Waals surface area contributed by atoms with Crippen molar-refractivity contribution < 1.29 is 4.79 Å². The van der Waals surface area contributed by atoms with E-state index >= 15 is 0 Å². The first kappa shape index (κ1) is 24.3. The van der Waals surface area contributed by atoms with Gasteiger partial charge in [0, 0.05) is 29.4 Å². The number of thioether (sulfide) groups is 1. The Kier molecular flexibility index (Phi) is 7.20. The predicted molar refractivity (Wildman–Crippen MR) is 154 cm³/mol. The Balaban J connectivity index is 1.47. The first-order valence-electron chi connectivity index (χ1n) is 12.1. The highest BCUT2D eigenvalue weighted by molar-refractivity contribution is 8.00. The van der Waals surface area contributed by atoms with E-state index in [0.717, 1.165) is 39.5 Å². The van der Waals surface area contributed by atoms with Crippen molar-refractivity contribution in [2.75, 3.05) is 28.8 Å². The molecule has 0 radical (unpaired) electrons. The maximum absolute atomic E-state index is 13.6. The highest BCUT2D eigenvalue weighted by atomic mass is 32.2. The van der Waals surface area contributed by atoms with E-state index < -0.39 is 0 Å². The van der Waals surface area contributed by atoms with Crippen LogP contribution in [0.15, 0.2) is 88.4 Å². The zero-order chi connectivity index (χ0) is 25.1. The average Bonchev–Trinajstić information content (AvgIpc) is 3.46. The van der Waals surface area contributed by atoms with Gasteiger partial charge in [-0.05, 0) is 68.8 Å². The number of hydrazone groups is 1. The minimum Gasteiger partial charge on any atom is -0.372 e. The number of fused-ring (bicyclic) bond motifs is 1. The lowest BCUT2D eigenvalue weighted by molar-refractivity contribution is -0.114. The lowest BCUT2D eigenvalue weighted by Crippen LogP contribution is -2.21. The molecule has 3 aromatic carbocycles. The molecular weight excluding hydrogens is 484 g/mol. The van der Waals surface area contributed by atoms with Crippen LogP contribution in [0.2, 0.25) is 0 Å². The number of aryl methyl sites for hydroxylation is 1. The van der Waals surface area contributed by atoms with E-state index in [0.29, 0.717) is 16.5 Å². The van der Waals surface area contributed by atoms with Gasteiger partial charge < -0.3 is 4.90 Å². The third-order valence-electron chi connectivity index (χ3n) is 6.15. The van der Waals surface area contributed by atoms with Crippen LogP contribution in [-0.2, 0) is 4.79 Å². The maximum Gasteiger partial charge on any atom is 0.282 e. The second-order valence-corrected chi connectivity index (χ2v) is 10.6. The maximum atomic E-state index is 13.6. The summed E-state index contributed by atoms with van der Waals surface area (Å²) in [5, 5.41) is 6.83. The summed E-state index contributed by atoms with van der Waals surface area (Å²) in [6, 6.07) is 24.7. The molecule has 0 unspecified atom stereocenters. The Hall–Kier alpha value is -3.42. The fraction of sp³-hybridized carbons (Fsp3) is 0.207. The highest BCUT2D eigenvalue weighted by Gasteiger charge is 2.33. The van der Waals surface area contributed by atoms with Crippen molar-refractivity contribution >= 4 is 61.8 Å². The van der Waals surface area contributed by atoms with Crippen LogP contribution >= 0.6 is 23.1 Å². The molecule has 1 aliphatic heterocycles. The molecular formula is C29H28N4OS2. The van der Waals surface area contributed by atoms with E-state index in [1.54, 1.807) is 11.8 Å². The molecule has 0 atom stereocenters. The topological polar surface area (TPSA) is 48.8 Å². The summed E-state index contributed by atoms with van der Waals surface area (Å²) < 4.78 is 1.04. The monoisotopic (exact) mass is 512 g/mol. The number of carbonyl (C=O) groups is 1. The van der Waals surface area contributed by atoms with Gasteiger partial charge in [-0.3, -0.25) is 4.79 Å².